The third-order valence-electron chi connectivity index (χ3n) is 2.96. The van der Waals surface area contributed by atoms with Crippen molar-refractivity contribution in [2.24, 2.45) is 0 Å². The second-order valence-electron chi connectivity index (χ2n) is 4.39. The molecule has 4 nitrogen and oxygen atoms in total. The van der Waals surface area contributed by atoms with Crippen LogP contribution in [0.1, 0.15) is 5.56 Å². The van der Waals surface area contributed by atoms with Gasteiger partial charge in [-0.15, -0.1) is 0 Å². The summed E-state index contributed by atoms with van der Waals surface area (Å²) in [6.07, 6.45) is 3.59. The predicted molar refractivity (Wildman–Crippen MR) is 74.9 cm³/mol. The Balaban J connectivity index is 1.75. The van der Waals surface area contributed by atoms with Gasteiger partial charge in [0.25, 0.3) is 0 Å². The minimum atomic E-state index is -0.0447. The Labute approximate surface area is 110 Å². The molecule has 1 heterocycles. The van der Waals surface area contributed by atoms with E-state index in [0.29, 0.717) is 12.1 Å². The van der Waals surface area contributed by atoms with E-state index in [-0.39, 0.29) is 5.91 Å². The number of aromatic nitrogens is 2. The van der Waals surface area contributed by atoms with Crippen LogP contribution in [0, 0.1) is 0 Å². The number of carbonyl (C=O) groups is 1. The molecule has 94 valence electrons. The third-order valence-corrected chi connectivity index (χ3v) is 2.96. The zero-order valence-electron chi connectivity index (χ0n) is 10.3. The average molecular weight is 251 g/mol. The molecular weight excluding hydrogens is 238 g/mol. The van der Waals surface area contributed by atoms with E-state index in [1.165, 1.54) is 5.39 Å². The van der Waals surface area contributed by atoms with Gasteiger partial charge in [0.05, 0.1) is 18.3 Å². The van der Waals surface area contributed by atoms with Crippen LogP contribution in [0.2, 0.25) is 0 Å². The van der Waals surface area contributed by atoms with Crippen molar-refractivity contribution in [3.63, 3.8) is 0 Å². The summed E-state index contributed by atoms with van der Waals surface area (Å²) in [5.74, 6) is -0.0447. The first-order valence-corrected chi connectivity index (χ1v) is 6.07. The number of benzene rings is 2. The molecule has 0 fully saturated rings. The maximum atomic E-state index is 11.9. The molecule has 1 aromatic heterocycles. The van der Waals surface area contributed by atoms with Crippen LogP contribution in [0.3, 0.4) is 0 Å². The lowest BCUT2D eigenvalue weighted by Gasteiger charge is -2.04. The second-order valence-corrected chi connectivity index (χ2v) is 4.39. The van der Waals surface area contributed by atoms with E-state index in [4.69, 9.17) is 0 Å². The summed E-state index contributed by atoms with van der Waals surface area (Å²) in [6.45, 7) is 0. The van der Waals surface area contributed by atoms with Crippen molar-refractivity contribution in [3.8, 4) is 0 Å². The van der Waals surface area contributed by atoms with Crippen LogP contribution in [0.25, 0.3) is 10.8 Å². The van der Waals surface area contributed by atoms with Crippen LogP contribution in [0.4, 0.5) is 5.69 Å². The minimum Gasteiger partial charge on any atom is -0.323 e. The van der Waals surface area contributed by atoms with E-state index in [2.05, 4.69) is 21.6 Å². The predicted octanol–water partition coefficient (Wildman–Crippen LogP) is 2.74. The molecule has 3 aromatic rings. The zero-order valence-corrected chi connectivity index (χ0v) is 10.3. The first-order chi connectivity index (χ1) is 9.31. The Kier molecular flexibility index (Phi) is 2.98. The smallest absolute Gasteiger partial charge is 0.228 e. The molecule has 0 spiro atoms. The fourth-order valence-electron chi connectivity index (χ4n) is 2.06. The Morgan fingerprint density at radius 3 is 2.79 bits per heavy atom. The van der Waals surface area contributed by atoms with Crippen LogP contribution in [0.15, 0.2) is 54.9 Å². The van der Waals surface area contributed by atoms with E-state index >= 15 is 0 Å². The molecule has 0 aliphatic carbocycles. The maximum absolute atomic E-state index is 11.9. The van der Waals surface area contributed by atoms with Gasteiger partial charge in [0.2, 0.25) is 5.91 Å². The average Bonchev–Trinajstić information content (AvgIpc) is 2.91. The quantitative estimate of drug-likeness (QED) is 0.752. The van der Waals surface area contributed by atoms with Gasteiger partial charge in [-0.1, -0.05) is 42.5 Å². The molecule has 1 amide bonds. The number of anilines is 1. The largest absolute Gasteiger partial charge is 0.323 e. The Hall–Kier alpha value is -2.62. The lowest BCUT2D eigenvalue weighted by Crippen LogP contribution is -2.13. The molecule has 0 unspecified atom stereocenters. The standard InChI is InChI=1S/C15H13N3O/c19-15(18-14-9-16-17-10-14)8-11-5-6-12-3-1-2-4-13(12)7-11/h1-7,9-10H,8H2,(H,16,17)(H,18,19). The van der Waals surface area contributed by atoms with Gasteiger partial charge in [0.15, 0.2) is 0 Å². The molecule has 0 aliphatic rings. The van der Waals surface area contributed by atoms with Gasteiger partial charge in [-0.05, 0) is 16.3 Å². The van der Waals surface area contributed by atoms with E-state index in [9.17, 15) is 4.79 Å². The molecule has 2 N–H and O–H groups in total. The molecule has 3 rings (SSSR count). The van der Waals surface area contributed by atoms with Crippen LogP contribution in [-0.4, -0.2) is 16.1 Å². The summed E-state index contributed by atoms with van der Waals surface area (Å²) in [6, 6.07) is 14.2. The highest BCUT2D eigenvalue weighted by Crippen LogP contribution is 2.16. The second kappa shape index (κ2) is 4.94. The molecule has 4 heteroatoms. The van der Waals surface area contributed by atoms with Crippen molar-refractivity contribution in [1.82, 2.24) is 10.2 Å². The van der Waals surface area contributed by atoms with Crippen molar-refractivity contribution < 1.29 is 4.79 Å². The molecule has 0 saturated carbocycles. The van der Waals surface area contributed by atoms with Gasteiger partial charge in [0.1, 0.15) is 0 Å². The van der Waals surface area contributed by atoms with Gasteiger partial charge in [0, 0.05) is 6.20 Å². The lowest BCUT2D eigenvalue weighted by atomic mass is 10.0. The van der Waals surface area contributed by atoms with Crippen molar-refractivity contribution >= 4 is 22.4 Å². The number of fused-ring (bicyclic) bond motifs is 1. The fraction of sp³-hybridized carbons (Fsp3) is 0.0667. The molecule has 2 aromatic carbocycles. The molecule has 0 saturated heterocycles. The minimum absolute atomic E-state index is 0.0447. The third kappa shape index (κ3) is 2.63. The summed E-state index contributed by atoms with van der Waals surface area (Å²) < 4.78 is 0. The topological polar surface area (TPSA) is 57.8 Å². The lowest BCUT2D eigenvalue weighted by molar-refractivity contribution is -0.115. The van der Waals surface area contributed by atoms with Crippen molar-refractivity contribution in [2.45, 2.75) is 6.42 Å². The summed E-state index contributed by atoms with van der Waals surface area (Å²) in [7, 11) is 0. The normalized spacial score (nSPS) is 10.5. The van der Waals surface area contributed by atoms with Gasteiger partial charge in [-0.3, -0.25) is 9.89 Å². The number of hydrogen-bond donors (Lipinski definition) is 2. The highest BCUT2D eigenvalue weighted by Gasteiger charge is 2.05. The number of nitrogens with zero attached hydrogens (tertiary/aromatic N) is 1. The Bertz CT molecular complexity index is 704. The SMILES string of the molecule is O=C(Cc1ccc2ccccc2c1)Nc1cn[nH]c1. The van der Waals surface area contributed by atoms with Crippen molar-refractivity contribution in [1.29, 1.82) is 0 Å². The molecule has 19 heavy (non-hydrogen) atoms. The van der Waals surface area contributed by atoms with Crippen LogP contribution in [-0.2, 0) is 11.2 Å². The van der Waals surface area contributed by atoms with Gasteiger partial charge in [-0.25, -0.2) is 0 Å². The first-order valence-electron chi connectivity index (χ1n) is 6.07. The Morgan fingerprint density at radius 1 is 1.16 bits per heavy atom. The van der Waals surface area contributed by atoms with E-state index in [1.54, 1.807) is 12.4 Å². The number of amides is 1. The maximum Gasteiger partial charge on any atom is 0.228 e. The molecule has 0 radical (unpaired) electrons. The van der Waals surface area contributed by atoms with Gasteiger partial charge in [-0.2, -0.15) is 5.10 Å². The molecular formula is C15H13N3O. The first kappa shape index (κ1) is 11.5. The summed E-state index contributed by atoms with van der Waals surface area (Å²) in [5, 5.41) is 11.6. The van der Waals surface area contributed by atoms with Gasteiger partial charge >= 0.3 is 0 Å². The van der Waals surface area contributed by atoms with E-state index < -0.39 is 0 Å². The number of aromatic amines is 1. The van der Waals surface area contributed by atoms with E-state index in [1.807, 2.05) is 36.4 Å². The number of hydrogen-bond acceptors (Lipinski definition) is 2. The van der Waals surface area contributed by atoms with Crippen molar-refractivity contribution in [2.75, 3.05) is 5.32 Å². The van der Waals surface area contributed by atoms with Crippen LogP contribution < -0.4 is 5.32 Å². The number of nitrogens with one attached hydrogen (secondary N) is 2. The van der Waals surface area contributed by atoms with E-state index in [0.717, 1.165) is 10.9 Å². The highest BCUT2D eigenvalue weighted by molar-refractivity contribution is 5.93. The summed E-state index contributed by atoms with van der Waals surface area (Å²) in [5.41, 5.74) is 1.69. The highest BCUT2D eigenvalue weighted by atomic mass is 16.1. The zero-order chi connectivity index (χ0) is 13.1. The fourth-order valence-corrected chi connectivity index (χ4v) is 2.06. The number of rotatable bonds is 3. The molecule has 0 aliphatic heterocycles. The molecule has 0 atom stereocenters. The molecule has 0 bridgehead atoms. The van der Waals surface area contributed by atoms with Gasteiger partial charge < -0.3 is 5.32 Å². The summed E-state index contributed by atoms with van der Waals surface area (Å²) in [4.78, 5) is 11.9. The van der Waals surface area contributed by atoms with Crippen molar-refractivity contribution in [3.05, 3.63) is 60.4 Å². The summed E-state index contributed by atoms with van der Waals surface area (Å²) >= 11 is 0. The number of H-pyrrole nitrogens is 1. The monoisotopic (exact) mass is 251 g/mol. The number of carbonyl (C=O) groups excluding carboxylic acids is 1. The van der Waals surface area contributed by atoms with Crippen LogP contribution >= 0.6 is 0 Å². The van der Waals surface area contributed by atoms with Crippen LogP contribution in [0.5, 0.6) is 0 Å². The Morgan fingerprint density at radius 2 is 2.00 bits per heavy atom.